The topological polar surface area (TPSA) is 80.1 Å². The molecule has 0 saturated carbocycles. The molecule has 8 heteroatoms. The predicted octanol–water partition coefficient (Wildman–Crippen LogP) is 1.97. The van der Waals surface area contributed by atoms with Gasteiger partial charge in [0, 0.05) is 31.1 Å². The van der Waals surface area contributed by atoms with Crippen molar-refractivity contribution in [3.8, 4) is 5.69 Å². The molecule has 2 amide bonds. The van der Waals surface area contributed by atoms with E-state index in [2.05, 4.69) is 15.6 Å². The first-order valence-electron chi connectivity index (χ1n) is 8.30. The molecule has 1 N–H and O–H groups in total. The third-order valence-corrected chi connectivity index (χ3v) is 4.46. The summed E-state index contributed by atoms with van der Waals surface area (Å²) in [5.41, 5.74) is 1.69. The van der Waals surface area contributed by atoms with Crippen LogP contribution < -0.4 is 5.32 Å². The van der Waals surface area contributed by atoms with Crippen molar-refractivity contribution >= 4 is 23.4 Å². The Kier molecular flexibility index (Phi) is 5.33. The second kappa shape index (κ2) is 7.65. The standard InChI is InChI=1S/C17H20ClN5O2/c1-12-16(20-21-23(12)14-6-2-5-13(18)11-14)17(25)19-8-4-10-22-9-3-7-15(22)24/h2,5-6,11H,3-4,7-10H2,1H3,(H,19,25). The highest BCUT2D eigenvalue weighted by molar-refractivity contribution is 6.30. The molecule has 0 bridgehead atoms. The zero-order valence-corrected chi connectivity index (χ0v) is 14.8. The van der Waals surface area contributed by atoms with Crippen LogP contribution in [0.15, 0.2) is 24.3 Å². The number of carbonyl (C=O) groups is 2. The molecule has 1 aromatic heterocycles. The van der Waals surface area contributed by atoms with Gasteiger partial charge in [-0.05, 0) is 38.0 Å². The third kappa shape index (κ3) is 3.99. The maximum atomic E-state index is 12.3. The summed E-state index contributed by atoms with van der Waals surface area (Å²) in [6, 6.07) is 7.20. The minimum Gasteiger partial charge on any atom is -0.351 e. The molecule has 132 valence electrons. The van der Waals surface area contributed by atoms with Gasteiger partial charge in [0.25, 0.3) is 5.91 Å². The third-order valence-electron chi connectivity index (χ3n) is 4.22. The van der Waals surface area contributed by atoms with Crippen molar-refractivity contribution in [1.29, 1.82) is 0 Å². The summed E-state index contributed by atoms with van der Waals surface area (Å²) in [4.78, 5) is 25.7. The second-order valence-corrected chi connectivity index (χ2v) is 6.45. The SMILES string of the molecule is Cc1c(C(=O)NCCCN2CCCC2=O)nnn1-c1cccc(Cl)c1. The maximum Gasteiger partial charge on any atom is 0.273 e. The molecule has 0 radical (unpaired) electrons. The van der Waals surface area contributed by atoms with Gasteiger partial charge in [0.05, 0.1) is 11.4 Å². The second-order valence-electron chi connectivity index (χ2n) is 6.01. The number of aromatic nitrogens is 3. The van der Waals surface area contributed by atoms with Crippen LogP contribution in [-0.2, 0) is 4.79 Å². The minimum absolute atomic E-state index is 0.201. The van der Waals surface area contributed by atoms with Crippen LogP contribution in [0, 0.1) is 6.92 Å². The first kappa shape index (κ1) is 17.4. The van der Waals surface area contributed by atoms with E-state index >= 15 is 0 Å². The van der Waals surface area contributed by atoms with Gasteiger partial charge in [-0.15, -0.1) is 5.10 Å². The van der Waals surface area contributed by atoms with Gasteiger partial charge < -0.3 is 10.2 Å². The van der Waals surface area contributed by atoms with Gasteiger partial charge in [0.2, 0.25) is 5.91 Å². The van der Waals surface area contributed by atoms with Gasteiger partial charge in [-0.3, -0.25) is 9.59 Å². The van der Waals surface area contributed by atoms with Crippen LogP contribution in [0.25, 0.3) is 5.69 Å². The monoisotopic (exact) mass is 361 g/mol. The molecule has 1 fully saturated rings. The average Bonchev–Trinajstić information content (AvgIpc) is 3.17. The van der Waals surface area contributed by atoms with Gasteiger partial charge in [0.15, 0.2) is 5.69 Å². The zero-order chi connectivity index (χ0) is 17.8. The van der Waals surface area contributed by atoms with Crippen LogP contribution >= 0.6 is 11.6 Å². The number of likely N-dealkylation sites (tertiary alicyclic amines) is 1. The fourth-order valence-electron chi connectivity index (χ4n) is 2.89. The largest absolute Gasteiger partial charge is 0.351 e. The number of nitrogens with one attached hydrogen (secondary N) is 1. The summed E-state index contributed by atoms with van der Waals surface area (Å²) in [5.74, 6) is -0.0647. The Bertz CT molecular complexity index is 789. The quantitative estimate of drug-likeness (QED) is 0.798. The molecule has 1 saturated heterocycles. The summed E-state index contributed by atoms with van der Waals surface area (Å²) >= 11 is 6.00. The zero-order valence-electron chi connectivity index (χ0n) is 14.0. The van der Waals surface area contributed by atoms with E-state index in [1.165, 1.54) is 0 Å². The average molecular weight is 362 g/mol. The molecule has 0 aliphatic carbocycles. The lowest BCUT2D eigenvalue weighted by molar-refractivity contribution is -0.127. The van der Waals surface area contributed by atoms with Gasteiger partial charge in [-0.2, -0.15) is 0 Å². The van der Waals surface area contributed by atoms with Crippen LogP contribution in [0.1, 0.15) is 35.4 Å². The Balaban J connectivity index is 1.57. The van der Waals surface area contributed by atoms with Gasteiger partial charge >= 0.3 is 0 Å². The highest BCUT2D eigenvalue weighted by atomic mass is 35.5. The molecule has 1 aliphatic rings. The number of rotatable bonds is 6. The molecule has 7 nitrogen and oxygen atoms in total. The molecule has 2 aromatic rings. The molecule has 0 atom stereocenters. The molecule has 1 aliphatic heterocycles. The number of carbonyl (C=O) groups excluding carboxylic acids is 2. The lowest BCUT2D eigenvalue weighted by atomic mass is 10.2. The van der Waals surface area contributed by atoms with Crippen LogP contribution in [0.4, 0.5) is 0 Å². The lowest BCUT2D eigenvalue weighted by Gasteiger charge is -2.15. The smallest absolute Gasteiger partial charge is 0.273 e. The summed E-state index contributed by atoms with van der Waals surface area (Å²) < 4.78 is 1.59. The molecule has 25 heavy (non-hydrogen) atoms. The summed E-state index contributed by atoms with van der Waals surface area (Å²) in [5, 5.41) is 11.5. The molecule has 3 rings (SSSR count). The normalized spacial score (nSPS) is 14.2. The molecule has 0 spiro atoms. The first-order chi connectivity index (χ1) is 12.1. The minimum atomic E-state index is -0.265. The molecular weight excluding hydrogens is 342 g/mol. The van der Waals surface area contributed by atoms with Crippen molar-refractivity contribution in [2.45, 2.75) is 26.2 Å². The first-order valence-corrected chi connectivity index (χ1v) is 8.68. The number of halogens is 1. The van der Waals surface area contributed by atoms with Crippen molar-refractivity contribution in [2.75, 3.05) is 19.6 Å². The van der Waals surface area contributed by atoms with E-state index in [4.69, 9.17) is 11.6 Å². The molecule has 1 aromatic carbocycles. The fourth-order valence-corrected chi connectivity index (χ4v) is 3.07. The Morgan fingerprint density at radius 3 is 2.96 bits per heavy atom. The van der Waals surface area contributed by atoms with Crippen molar-refractivity contribution in [1.82, 2.24) is 25.2 Å². The Morgan fingerprint density at radius 2 is 2.24 bits per heavy atom. The highest BCUT2D eigenvalue weighted by Crippen LogP contribution is 2.16. The van der Waals surface area contributed by atoms with Gasteiger partial charge in [-0.25, -0.2) is 4.68 Å². The maximum absolute atomic E-state index is 12.3. The Labute approximate surface area is 150 Å². The van der Waals surface area contributed by atoms with E-state index in [0.29, 0.717) is 30.2 Å². The van der Waals surface area contributed by atoms with Crippen molar-refractivity contribution < 1.29 is 9.59 Å². The lowest BCUT2D eigenvalue weighted by Crippen LogP contribution is -2.31. The van der Waals surface area contributed by atoms with Crippen LogP contribution in [0.2, 0.25) is 5.02 Å². The van der Waals surface area contributed by atoms with E-state index in [9.17, 15) is 9.59 Å². The highest BCUT2D eigenvalue weighted by Gasteiger charge is 2.20. The van der Waals surface area contributed by atoms with Crippen molar-refractivity contribution in [2.24, 2.45) is 0 Å². The van der Waals surface area contributed by atoms with Crippen LogP contribution in [0.5, 0.6) is 0 Å². The van der Waals surface area contributed by atoms with Gasteiger partial charge in [0.1, 0.15) is 0 Å². The number of hydrogen-bond donors (Lipinski definition) is 1. The van der Waals surface area contributed by atoms with E-state index in [0.717, 1.165) is 25.1 Å². The van der Waals surface area contributed by atoms with E-state index in [1.807, 2.05) is 17.0 Å². The molecule has 0 unspecified atom stereocenters. The Hall–Kier alpha value is -2.41. The number of amides is 2. The summed E-state index contributed by atoms with van der Waals surface area (Å²) in [6.45, 7) is 3.78. The van der Waals surface area contributed by atoms with Crippen molar-refractivity contribution in [3.63, 3.8) is 0 Å². The van der Waals surface area contributed by atoms with Crippen LogP contribution in [-0.4, -0.2) is 51.3 Å². The number of nitrogens with zero attached hydrogens (tertiary/aromatic N) is 4. The Morgan fingerprint density at radius 1 is 1.40 bits per heavy atom. The molecular formula is C17H20ClN5O2. The number of benzene rings is 1. The van der Waals surface area contributed by atoms with Crippen LogP contribution in [0.3, 0.4) is 0 Å². The number of hydrogen-bond acceptors (Lipinski definition) is 4. The summed E-state index contributed by atoms with van der Waals surface area (Å²) in [7, 11) is 0. The van der Waals surface area contributed by atoms with Gasteiger partial charge in [-0.1, -0.05) is 22.9 Å². The van der Waals surface area contributed by atoms with Crippen molar-refractivity contribution in [3.05, 3.63) is 40.7 Å². The predicted molar refractivity (Wildman–Crippen MR) is 93.9 cm³/mol. The van der Waals surface area contributed by atoms with E-state index in [1.54, 1.807) is 23.7 Å². The fraction of sp³-hybridized carbons (Fsp3) is 0.412. The van der Waals surface area contributed by atoms with E-state index in [-0.39, 0.29) is 17.5 Å². The summed E-state index contributed by atoms with van der Waals surface area (Å²) in [6.07, 6.45) is 2.29. The molecule has 2 heterocycles. The van der Waals surface area contributed by atoms with E-state index < -0.39 is 0 Å².